The van der Waals surface area contributed by atoms with Gasteiger partial charge >= 0.3 is 0 Å². The van der Waals surface area contributed by atoms with E-state index in [4.69, 9.17) is 0 Å². The molecule has 0 saturated carbocycles. The third-order valence-electron chi connectivity index (χ3n) is 4.60. The van der Waals surface area contributed by atoms with Gasteiger partial charge in [0.15, 0.2) is 0 Å². The van der Waals surface area contributed by atoms with E-state index < -0.39 is 28.3 Å². The number of phenols is 1. The average molecular weight is 403 g/mol. The summed E-state index contributed by atoms with van der Waals surface area (Å²) in [6.45, 7) is 0. The van der Waals surface area contributed by atoms with Crippen LogP contribution in [0.4, 0.5) is 17.1 Å². The summed E-state index contributed by atoms with van der Waals surface area (Å²) < 4.78 is 0. The van der Waals surface area contributed by atoms with Gasteiger partial charge in [0.2, 0.25) is 0 Å². The molecule has 0 spiro atoms. The molecule has 0 fully saturated rings. The molecule has 2 N–H and O–H groups in total. The SMILES string of the molecule is O=C(Nc1ccc(O)cc1)c1ccc(N2C(=O)c3cccc([N+](=O)[O-])c3C2=O)cc1. The minimum Gasteiger partial charge on any atom is -0.508 e. The van der Waals surface area contributed by atoms with Crippen molar-refractivity contribution in [2.24, 2.45) is 0 Å². The number of nitro benzene ring substituents is 1. The number of hydrogen-bond acceptors (Lipinski definition) is 6. The first-order valence-electron chi connectivity index (χ1n) is 8.73. The fourth-order valence-corrected chi connectivity index (χ4v) is 3.16. The lowest BCUT2D eigenvalue weighted by Gasteiger charge is -2.14. The van der Waals surface area contributed by atoms with Crippen LogP contribution in [0.1, 0.15) is 31.1 Å². The van der Waals surface area contributed by atoms with Crippen LogP contribution in [0.5, 0.6) is 5.75 Å². The van der Waals surface area contributed by atoms with Crippen LogP contribution < -0.4 is 10.2 Å². The molecular formula is C21H13N3O6. The van der Waals surface area contributed by atoms with Crippen molar-refractivity contribution < 1.29 is 24.4 Å². The van der Waals surface area contributed by atoms with Crippen LogP contribution in [0, 0.1) is 10.1 Å². The summed E-state index contributed by atoms with van der Waals surface area (Å²) in [5.41, 5.74) is 0.226. The summed E-state index contributed by atoms with van der Waals surface area (Å²) in [6, 6.07) is 15.5. The Hall–Kier alpha value is -4.53. The van der Waals surface area contributed by atoms with Gasteiger partial charge in [0.1, 0.15) is 11.3 Å². The average Bonchev–Trinajstić information content (AvgIpc) is 3.00. The van der Waals surface area contributed by atoms with E-state index in [1.165, 1.54) is 66.7 Å². The first-order valence-corrected chi connectivity index (χ1v) is 8.73. The van der Waals surface area contributed by atoms with Crippen LogP contribution in [-0.4, -0.2) is 27.8 Å². The van der Waals surface area contributed by atoms with Crippen molar-refractivity contribution >= 4 is 34.8 Å². The van der Waals surface area contributed by atoms with Gasteiger partial charge < -0.3 is 10.4 Å². The molecule has 0 radical (unpaired) electrons. The molecule has 1 aliphatic heterocycles. The first-order chi connectivity index (χ1) is 14.4. The zero-order valence-corrected chi connectivity index (χ0v) is 15.2. The van der Waals surface area contributed by atoms with E-state index in [0.29, 0.717) is 5.69 Å². The maximum absolute atomic E-state index is 12.7. The van der Waals surface area contributed by atoms with Crippen molar-refractivity contribution in [1.29, 1.82) is 0 Å². The van der Waals surface area contributed by atoms with Gasteiger partial charge in [-0.15, -0.1) is 0 Å². The molecule has 148 valence electrons. The van der Waals surface area contributed by atoms with Crippen LogP contribution >= 0.6 is 0 Å². The van der Waals surface area contributed by atoms with E-state index in [2.05, 4.69) is 5.32 Å². The number of nitro groups is 1. The van der Waals surface area contributed by atoms with Gasteiger partial charge in [0.25, 0.3) is 23.4 Å². The molecule has 4 rings (SSSR count). The number of carbonyl (C=O) groups is 3. The van der Waals surface area contributed by atoms with Crippen LogP contribution in [0.2, 0.25) is 0 Å². The molecule has 0 aliphatic carbocycles. The second-order valence-corrected chi connectivity index (χ2v) is 6.45. The molecule has 0 aromatic heterocycles. The Morgan fingerprint density at radius 1 is 0.933 bits per heavy atom. The van der Waals surface area contributed by atoms with E-state index in [1.807, 2.05) is 0 Å². The highest BCUT2D eigenvalue weighted by molar-refractivity contribution is 6.35. The lowest BCUT2D eigenvalue weighted by molar-refractivity contribution is -0.385. The summed E-state index contributed by atoms with van der Waals surface area (Å²) in [5.74, 6) is -1.81. The van der Waals surface area contributed by atoms with E-state index in [9.17, 15) is 29.6 Å². The molecule has 3 amide bonds. The number of nitrogens with zero attached hydrogens (tertiary/aromatic N) is 2. The predicted octanol–water partition coefficient (Wildman–Crippen LogP) is 3.35. The molecule has 0 atom stereocenters. The second kappa shape index (κ2) is 7.13. The van der Waals surface area contributed by atoms with Crippen molar-refractivity contribution in [3.8, 4) is 5.75 Å². The number of aromatic hydroxyl groups is 1. The zero-order chi connectivity index (χ0) is 21.4. The Bertz CT molecular complexity index is 1200. The number of imide groups is 1. The minimum atomic E-state index is -0.788. The molecule has 3 aromatic rings. The Labute approximate surface area is 169 Å². The van der Waals surface area contributed by atoms with E-state index in [1.54, 1.807) is 0 Å². The number of nitrogens with one attached hydrogen (secondary N) is 1. The number of amides is 3. The summed E-state index contributed by atoms with van der Waals surface area (Å²) >= 11 is 0. The van der Waals surface area contributed by atoms with Gasteiger partial charge in [-0.3, -0.25) is 24.5 Å². The monoisotopic (exact) mass is 403 g/mol. The van der Waals surface area contributed by atoms with Crippen LogP contribution in [0.15, 0.2) is 66.7 Å². The van der Waals surface area contributed by atoms with Gasteiger partial charge in [-0.2, -0.15) is 0 Å². The standard InChI is InChI=1S/C21H13N3O6/c25-15-10-6-13(7-11-15)22-19(26)12-4-8-14(9-5-12)23-20(27)16-2-1-3-17(24(29)30)18(16)21(23)28/h1-11,25H,(H,22,26). The van der Waals surface area contributed by atoms with E-state index >= 15 is 0 Å². The largest absolute Gasteiger partial charge is 0.508 e. The molecule has 0 saturated heterocycles. The molecule has 9 nitrogen and oxygen atoms in total. The highest BCUT2D eigenvalue weighted by Crippen LogP contribution is 2.33. The Morgan fingerprint density at radius 3 is 2.23 bits per heavy atom. The van der Waals surface area contributed by atoms with Crippen LogP contribution in [0.25, 0.3) is 0 Å². The Kier molecular flexibility index (Phi) is 4.47. The molecule has 30 heavy (non-hydrogen) atoms. The topological polar surface area (TPSA) is 130 Å². The third kappa shape index (κ3) is 3.14. The summed E-state index contributed by atoms with van der Waals surface area (Å²) in [7, 11) is 0. The lowest BCUT2D eigenvalue weighted by Crippen LogP contribution is -2.29. The van der Waals surface area contributed by atoms with Gasteiger partial charge in [-0.05, 0) is 54.6 Å². The highest BCUT2D eigenvalue weighted by atomic mass is 16.6. The molecular weight excluding hydrogens is 390 g/mol. The minimum absolute atomic E-state index is 0.0386. The highest BCUT2D eigenvalue weighted by Gasteiger charge is 2.41. The maximum atomic E-state index is 12.7. The fourth-order valence-electron chi connectivity index (χ4n) is 3.16. The maximum Gasteiger partial charge on any atom is 0.283 e. The van der Waals surface area contributed by atoms with Gasteiger partial charge in [0.05, 0.1) is 16.2 Å². The summed E-state index contributed by atoms with van der Waals surface area (Å²) in [6.07, 6.45) is 0. The van der Waals surface area contributed by atoms with Crippen molar-refractivity contribution in [2.45, 2.75) is 0 Å². The number of carbonyl (C=O) groups excluding carboxylic acids is 3. The lowest BCUT2D eigenvalue weighted by atomic mass is 10.1. The molecule has 1 aliphatic rings. The van der Waals surface area contributed by atoms with Crippen LogP contribution in [-0.2, 0) is 0 Å². The van der Waals surface area contributed by atoms with Crippen molar-refractivity contribution in [3.63, 3.8) is 0 Å². The molecule has 9 heteroatoms. The second-order valence-electron chi connectivity index (χ2n) is 6.45. The number of benzene rings is 3. The van der Waals surface area contributed by atoms with E-state index in [-0.39, 0.29) is 28.1 Å². The quantitative estimate of drug-likeness (QED) is 0.297. The number of hydrogen-bond donors (Lipinski definition) is 2. The number of fused-ring (bicyclic) bond motifs is 1. The predicted molar refractivity (Wildman–Crippen MR) is 107 cm³/mol. The number of rotatable bonds is 4. The van der Waals surface area contributed by atoms with Crippen molar-refractivity contribution in [2.75, 3.05) is 10.2 Å². The van der Waals surface area contributed by atoms with Gasteiger partial charge in [-0.25, -0.2) is 4.90 Å². The Morgan fingerprint density at radius 2 is 1.60 bits per heavy atom. The smallest absolute Gasteiger partial charge is 0.283 e. The summed E-state index contributed by atoms with van der Waals surface area (Å²) in [4.78, 5) is 49.1. The first kappa shape index (κ1) is 18.8. The molecule has 1 heterocycles. The molecule has 3 aromatic carbocycles. The molecule has 0 bridgehead atoms. The van der Waals surface area contributed by atoms with Crippen LogP contribution in [0.3, 0.4) is 0 Å². The Balaban J connectivity index is 1.58. The number of anilines is 2. The van der Waals surface area contributed by atoms with E-state index in [0.717, 1.165) is 4.90 Å². The number of phenolic OH excluding ortho intramolecular Hbond substituents is 1. The molecule has 0 unspecified atom stereocenters. The normalized spacial score (nSPS) is 12.6. The third-order valence-corrected chi connectivity index (χ3v) is 4.60. The summed E-state index contributed by atoms with van der Waals surface area (Å²) in [5, 5.41) is 23.2. The fraction of sp³-hybridized carbons (Fsp3) is 0. The van der Waals surface area contributed by atoms with Gasteiger partial charge in [0, 0.05) is 17.3 Å². The van der Waals surface area contributed by atoms with Gasteiger partial charge in [-0.1, -0.05) is 6.07 Å². The van der Waals surface area contributed by atoms with Crippen molar-refractivity contribution in [1.82, 2.24) is 0 Å². The van der Waals surface area contributed by atoms with Crippen molar-refractivity contribution in [3.05, 3.63) is 93.5 Å². The zero-order valence-electron chi connectivity index (χ0n) is 15.2.